The van der Waals surface area contributed by atoms with E-state index < -0.39 is 5.54 Å². The summed E-state index contributed by atoms with van der Waals surface area (Å²) in [5.41, 5.74) is 0.258. The summed E-state index contributed by atoms with van der Waals surface area (Å²) in [5.74, 6) is 1.17. The highest BCUT2D eigenvalue weighted by Gasteiger charge is 2.28. The normalized spacial score (nSPS) is 14.5. The molecule has 1 N–H and O–H groups in total. The lowest BCUT2D eigenvalue weighted by molar-refractivity contribution is -0.147. The van der Waals surface area contributed by atoms with Crippen LogP contribution < -0.4 is 14.8 Å². The van der Waals surface area contributed by atoms with Crippen LogP contribution in [0.4, 0.5) is 0 Å². The minimum atomic E-state index is -0.745. The maximum absolute atomic E-state index is 11.7. The number of ether oxygens (including phenoxy) is 3. The van der Waals surface area contributed by atoms with Crippen LogP contribution in [0.3, 0.4) is 0 Å². The van der Waals surface area contributed by atoms with Gasteiger partial charge < -0.3 is 14.2 Å². The molecule has 6 heteroatoms. The van der Waals surface area contributed by atoms with Crippen LogP contribution in [0.15, 0.2) is 16.6 Å². The fourth-order valence-corrected chi connectivity index (χ4v) is 2.64. The summed E-state index contributed by atoms with van der Waals surface area (Å²) in [7, 11) is 1.38. The van der Waals surface area contributed by atoms with Gasteiger partial charge in [0, 0.05) is 13.0 Å². The lowest BCUT2D eigenvalue weighted by Crippen LogP contribution is -2.46. The Kier molecular flexibility index (Phi) is 5.11. The van der Waals surface area contributed by atoms with Crippen molar-refractivity contribution in [3.63, 3.8) is 0 Å². The first-order valence-corrected chi connectivity index (χ1v) is 7.65. The molecule has 0 aliphatic carbocycles. The second kappa shape index (κ2) is 6.66. The van der Waals surface area contributed by atoms with E-state index in [0.717, 1.165) is 28.0 Å². The molecule has 0 saturated heterocycles. The largest absolute Gasteiger partial charge is 0.490 e. The maximum Gasteiger partial charge on any atom is 0.325 e. The molecule has 0 radical (unpaired) electrons. The number of nitrogens with one attached hydrogen (secondary N) is 1. The minimum Gasteiger partial charge on any atom is -0.490 e. The number of carbonyl (C=O) groups is 1. The Labute approximate surface area is 133 Å². The van der Waals surface area contributed by atoms with E-state index in [0.29, 0.717) is 19.8 Å². The van der Waals surface area contributed by atoms with Gasteiger partial charge in [0.05, 0.1) is 24.8 Å². The van der Waals surface area contributed by atoms with Gasteiger partial charge in [-0.3, -0.25) is 10.1 Å². The molecular weight excluding hydrogens is 338 g/mol. The molecule has 0 bridgehead atoms. The molecule has 0 aromatic heterocycles. The minimum absolute atomic E-state index is 0.295. The Hall–Kier alpha value is -1.27. The first-order chi connectivity index (χ1) is 9.94. The lowest BCUT2D eigenvalue weighted by Gasteiger charge is -2.23. The van der Waals surface area contributed by atoms with Gasteiger partial charge in [0.1, 0.15) is 5.54 Å². The van der Waals surface area contributed by atoms with Crippen LogP contribution in [0, 0.1) is 0 Å². The zero-order valence-corrected chi connectivity index (χ0v) is 14.1. The van der Waals surface area contributed by atoms with Gasteiger partial charge in [-0.1, -0.05) is 0 Å². The van der Waals surface area contributed by atoms with Gasteiger partial charge in [0.25, 0.3) is 0 Å². The summed E-state index contributed by atoms with van der Waals surface area (Å²) in [6, 6.07) is 3.90. The lowest BCUT2D eigenvalue weighted by atomic mass is 10.1. The highest BCUT2D eigenvalue weighted by Crippen LogP contribution is 2.38. The van der Waals surface area contributed by atoms with E-state index in [-0.39, 0.29) is 5.97 Å². The maximum atomic E-state index is 11.7. The molecule has 0 atom stereocenters. The van der Waals surface area contributed by atoms with Crippen molar-refractivity contribution in [3.8, 4) is 11.5 Å². The van der Waals surface area contributed by atoms with Gasteiger partial charge >= 0.3 is 5.97 Å². The van der Waals surface area contributed by atoms with Crippen molar-refractivity contribution in [2.75, 3.05) is 20.3 Å². The molecule has 1 aliphatic heterocycles. The fourth-order valence-electron chi connectivity index (χ4n) is 2.04. The van der Waals surface area contributed by atoms with Crippen molar-refractivity contribution in [1.82, 2.24) is 5.32 Å². The Morgan fingerprint density at radius 3 is 2.81 bits per heavy atom. The molecule has 116 valence electrons. The zero-order chi connectivity index (χ0) is 15.5. The number of rotatable bonds is 4. The molecule has 0 saturated carbocycles. The summed E-state index contributed by atoms with van der Waals surface area (Å²) in [6.45, 7) is 5.40. The summed E-state index contributed by atoms with van der Waals surface area (Å²) in [6.07, 6.45) is 0.865. The first-order valence-electron chi connectivity index (χ1n) is 6.85. The smallest absolute Gasteiger partial charge is 0.325 e. The van der Waals surface area contributed by atoms with E-state index in [1.807, 2.05) is 12.1 Å². The van der Waals surface area contributed by atoms with Crippen molar-refractivity contribution < 1.29 is 19.0 Å². The molecule has 0 unspecified atom stereocenters. The quantitative estimate of drug-likeness (QED) is 0.839. The number of hydrogen-bond acceptors (Lipinski definition) is 5. The number of hydrogen-bond donors (Lipinski definition) is 1. The van der Waals surface area contributed by atoms with E-state index >= 15 is 0 Å². The SMILES string of the molecule is COC(=O)C(C)(C)NCc1cc(Br)c2c(c1)OCCCO2. The molecule has 1 aromatic carbocycles. The summed E-state index contributed by atoms with van der Waals surface area (Å²) in [4.78, 5) is 11.7. The third-order valence-corrected chi connectivity index (χ3v) is 3.88. The van der Waals surface area contributed by atoms with Gasteiger partial charge in [-0.15, -0.1) is 0 Å². The van der Waals surface area contributed by atoms with Crippen LogP contribution in [0.1, 0.15) is 25.8 Å². The van der Waals surface area contributed by atoms with Crippen LogP contribution in [-0.4, -0.2) is 31.8 Å². The first kappa shape index (κ1) is 16.1. The molecule has 1 heterocycles. The van der Waals surface area contributed by atoms with Crippen LogP contribution in [0.5, 0.6) is 11.5 Å². The number of esters is 1. The monoisotopic (exact) mass is 357 g/mol. The van der Waals surface area contributed by atoms with E-state index in [1.165, 1.54) is 7.11 Å². The number of methoxy groups -OCH3 is 1. The van der Waals surface area contributed by atoms with E-state index in [4.69, 9.17) is 14.2 Å². The Morgan fingerprint density at radius 1 is 1.38 bits per heavy atom. The molecule has 0 fully saturated rings. The average molecular weight is 358 g/mol. The van der Waals surface area contributed by atoms with Gasteiger partial charge in [-0.2, -0.15) is 0 Å². The van der Waals surface area contributed by atoms with Crippen molar-refractivity contribution in [2.45, 2.75) is 32.4 Å². The van der Waals surface area contributed by atoms with Gasteiger partial charge in [0.15, 0.2) is 11.5 Å². The van der Waals surface area contributed by atoms with Crippen LogP contribution in [0.2, 0.25) is 0 Å². The van der Waals surface area contributed by atoms with Crippen molar-refractivity contribution in [1.29, 1.82) is 0 Å². The van der Waals surface area contributed by atoms with Gasteiger partial charge in [0.2, 0.25) is 0 Å². The van der Waals surface area contributed by atoms with E-state index in [1.54, 1.807) is 13.8 Å². The molecule has 0 amide bonds. The van der Waals surface area contributed by atoms with Crippen LogP contribution in [-0.2, 0) is 16.1 Å². The standard InChI is InChI=1S/C15H20BrNO4/c1-15(2,14(18)19-3)17-9-10-7-11(16)13-12(8-10)20-5-4-6-21-13/h7-8,17H,4-6,9H2,1-3H3. The van der Waals surface area contributed by atoms with Crippen molar-refractivity contribution >= 4 is 21.9 Å². The number of benzene rings is 1. The molecule has 1 aliphatic rings. The summed E-state index contributed by atoms with van der Waals surface area (Å²) < 4.78 is 17.0. The number of halogens is 1. The Morgan fingerprint density at radius 2 is 2.10 bits per heavy atom. The third kappa shape index (κ3) is 3.89. The van der Waals surface area contributed by atoms with Crippen LogP contribution in [0.25, 0.3) is 0 Å². The molecule has 0 spiro atoms. The van der Waals surface area contributed by atoms with E-state index in [9.17, 15) is 4.79 Å². The second-order valence-electron chi connectivity index (χ2n) is 5.43. The fraction of sp³-hybridized carbons (Fsp3) is 0.533. The number of carbonyl (C=O) groups excluding carboxylic acids is 1. The van der Waals surface area contributed by atoms with E-state index in [2.05, 4.69) is 21.2 Å². The molecule has 21 heavy (non-hydrogen) atoms. The van der Waals surface area contributed by atoms with Gasteiger partial charge in [-0.25, -0.2) is 0 Å². The van der Waals surface area contributed by atoms with Gasteiger partial charge in [-0.05, 0) is 47.5 Å². The highest BCUT2D eigenvalue weighted by molar-refractivity contribution is 9.10. The zero-order valence-electron chi connectivity index (χ0n) is 12.5. The highest BCUT2D eigenvalue weighted by atomic mass is 79.9. The van der Waals surface area contributed by atoms with Crippen molar-refractivity contribution in [3.05, 3.63) is 22.2 Å². The molecule has 1 aromatic rings. The second-order valence-corrected chi connectivity index (χ2v) is 6.28. The molecule has 5 nitrogen and oxygen atoms in total. The Bertz CT molecular complexity index is 531. The predicted octanol–water partition coefficient (Wildman–Crippen LogP) is 2.65. The molecular formula is C15H20BrNO4. The van der Waals surface area contributed by atoms with Crippen molar-refractivity contribution in [2.24, 2.45) is 0 Å². The topological polar surface area (TPSA) is 56.8 Å². The van der Waals surface area contributed by atoms with Crippen LogP contribution >= 0.6 is 15.9 Å². The molecule has 2 rings (SSSR count). The number of fused-ring (bicyclic) bond motifs is 1. The summed E-state index contributed by atoms with van der Waals surface area (Å²) in [5, 5.41) is 3.18. The summed E-state index contributed by atoms with van der Waals surface area (Å²) >= 11 is 3.51. The third-order valence-electron chi connectivity index (χ3n) is 3.29. The predicted molar refractivity (Wildman–Crippen MR) is 82.7 cm³/mol. The Balaban J connectivity index is 2.13. The average Bonchev–Trinajstić information content (AvgIpc) is 2.70.